The molecule has 11 heteroatoms. The van der Waals surface area contributed by atoms with Gasteiger partial charge >= 0.3 is 6.18 Å². The first kappa shape index (κ1) is 24.8. The van der Waals surface area contributed by atoms with Gasteiger partial charge in [0.2, 0.25) is 5.82 Å². The number of aromatic nitrogens is 4. The molecule has 2 aromatic carbocycles. The predicted octanol–water partition coefficient (Wildman–Crippen LogP) is 4.94. The Balaban J connectivity index is 1.47. The second-order valence-electron chi connectivity index (χ2n) is 8.98. The molecule has 1 fully saturated rings. The number of ether oxygens (including phenoxy) is 1. The average Bonchev–Trinajstić information content (AvgIpc) is 3.42. The molecule has 0 unspecified atom stereocenters. The zero-order chi connectivity index (χ0) is 26.2. The van der Waals surface area contributed by atoms with Crippen molar-refractivity contribution in [2.75, 3.05) is 38.2 Å². The maximum atomic E-state index is 13.1. The monoisotopic (exact) mass is 512 g/mol. The maximum absolute atomic E-state index is 13.1. The van der Waals surface area contributed by atoms with Gasteiger partial charge in [-0.2, -0.15) is 18.2 Å². The molecule has 5 rings (SSSR count). The van der Waals surface area contributed by atoms with Crippen LogP contribution in [-0.4, -0.2) is 53.0 Å². The Bertz CT molecular complexity index is 1400. The van der Waals surface area contributed by atoms with Gasteiger partial charge < -0.3 is 24.0 Å². The summed E-state index contributed by atoms with van der Waals surface area (Å²) in [5.41, 5.74) is 2.91. The summed E-state index contributed by atoms with van der Waals surface area (Å²) in [4.78, 5) is 10.7. The Labute approximate surface area is 212 Å². The third-order valence-electron chi connectivity index (χ3n) is 6.43. The van der Waals surface area contributed by atoms with Crippen LogP contribution >= 0.6 is 0 Å². The number of benzene rings is 2. The third kappa shape index (κ3) is 5.04. The molecule has 3 heterocycles. The highest BCUT2D eigenvalue weighted by Crippen LogP contribution is 2.36. The van der Waals surface area contributed by atoms with E-state index in [9.17, 15) is 13.2 Å². The van der Waals surface area contributed by atoms with E-state index in [0.717, 1.165) is 66.9 Å². The van der Waals surface area contributed by atoms with Gasteiger partial charge in [0, 0.05) is 50.1 Å². The number of methoxy groups -OCH3 is 1. The molecule has 194 valence electrons. The molecule has 8 nitrogen and oxygen atoms in total. The van der Waals surface area contributed by atoms with Crippen LogP contribution in [0.25, 0.3) is 34.2 Å². The first-order chi connectivity index (χ1) is 17.7. The number of nitrogens with one attached hydrogen (secondary N) is 1. The number of imidazole rings is 1. The number of hydrogen-bond acceptors (Lipinski definition) is 7. The molecular weight excluding hydrogens is 485 g/mol. The first-order valence-electron chi connectivity index (χ1n) is 11.9. The van der Waals surface area contributed by atoms with Crippen LogP contribution in [-0.2, 0) is 13.2 Å². The predicted molar refractivity (Wildman–Crippen MR) is 133 cm³/mol. The van der Waals surface area contributed by atoms with Crippen molar-refractivity contribution in [1.82, 2.24) is 25.0 Å². The Morgan fingerprint density at radius 1 is 1.03 bits per heavy atom. The quantitative estimate of drug-likeness (QED) is 0.406. The second-order valence-corrected chi connectivity index (χ2v) is 8.98. The Morgan fingerprint density at radius 3 is 2.57 bits per heavy atom. The number of halogens is 3. The molecule has 0 saturated carbocycles. The molecule has 37 heavy (non-hydrogen) atoms. The van der Waals surface area contributed by atoms with Gasteiger partial charge in [-0.15, -0.1) is 0 Å². The summed E-state index contributed by atoms with van der Waals surface area (Å²) >= 11 is 0. The number of alkyl halides is 3. The second kappa shape index (κ2) is 9.89. The summed E-state index contributed by atoms with van der Waals surface area (Å²) in [5, 5.41) is 7.62. The van der Waals surface area contributed by atoms with Crippen molar-refractivity contribution in [2.24, 2.45) is 7.05 Å². The fourth-order valence-corrected chi connectivity index (χ4v) is 4.53. The van der Waals surface area contributed by atoms with Crippen LogP contribution in [0.3, 0.4) is 0 Å². The van der Waals surface area contributed by atoms with Crippen LogP contribution in [0.4, 0.5) is 18.9 Å². The Morgan fingerprint density at radius 2 is 1.84 bits per heavy atom. The summed E-state index contributed by atoms with van der Waals surface area (Å²) < 4.78 is 51.8. The number of rotatable bonds is 5. The van der Waals surface area contributed by atoms with Crippen molar-refractivity contribution in [3.8, 4) is 40.0 Å². The number of hydrogen-bond donors (Lipinski definition) is 1. The Kier molecular flexibility index (Phi) is 6.63. The van der Waals surface area contributed by atoms with Gasteiger partial charge in [0.15, 0.2) is 5.69 Å². The van der Waals surface area contributed by atoms with E-state index in [2.05, 4.69) is 25.3 Å². The molecule has 1 aliphatic heterocycles. The smallest absolute Gasteiger partial charge is 0.434 e. The molecule has 2 aromatic heterocycles. The molecule has 0 radical (unpaired) electrons. The van der Waals surface area contributed by atoms with Gasteiger partial charge in [-0.3, -0.25) is 0 Å². The van der Waals surface area contributed by atoms with Gasteiger partial charge in [-0.25, -0.2) is 4.98 Å². The zero-order valence-electron chi connectivity index (χ0n) is 20.8. The van der Waals surface area contributed by atoms with E-state index >= 15 is 0 Å². The minimum absolute atomic E-state index is 0.227. The summed E-state index contributed by atoms with van der Waals surface area (Å²) in [6, 6.07) is 11.0. The minimum Gasteiger partial charge on any atom is -0.497 e. The molecule has 4 aromatic rings. The van der Waals surface area contributed by atoms with E-state index in [4.69, 9.17) is 9.26 Å². The SMILES string of the molecule is COc1ccc(-c2nc(-c3ccc(-c4nc(C(F)(F)F)cn4C)cc3C)no2)c(N2CCCNCC2)c1. The molecule has 0 spiro atoms. The molecule has 0 bridgehead atoms. The van der Waals surface area contributed by atoms with E-state index in [0.29, 0.717) is 17.3 Å². The molecule has 1 saturated heterocycles. The van der Waals surface area contributed by atoms with Crippen LogP contribution in [0, 0.1) is 6.92 Å². The van der Waals surface area contributed by atoms with Crippen LogP contribution < -0.4 is 15.0 Å². The number of nitrogens with zero attached hydrogens (tertiary/aromatic N) is 5. The fraction of sp³-hybridized carbons (Fsp3) is 0.346. The number of aryl methyl sites for hydroxylation is 2. The minimum atomic E-state index is -4.50. The molecule has 0 atom stereocenters. The summed E-state index contributed by atoms with van der Waals surface area (Å²) in [6.07, 6.45) is -2.51. The van der Waals surface area contributed by atoms with Crippen molar-refractivity contribution in [3.63, 3.8) is 0 Å². The number of anilines is 1. The lowest BCUT2D eigenvalue weighted by molar-refractivity contribution is -0.140. The maximum Gasteiger partial charge on any atom is 0.434 e. The molecule has 1 N–H and O–H groups in total. The van der Waals surface area contributed by atoms with E-state index in [1.54, 1.807) is 32.4 Å². The van der Waals surface area contributed by atoms with Gasteiger partial charge in [0.1, 0.15) is 11.6 Å². The Hall–Kier alpha value is -3.86. The third-order valence-corrected chi connectivity index (χ3v) is 6.43. The van der Waals surface area contributed by atoms with Crippen molar-refractivity contribution in [3.05, 3.63) is 53.9 Å². The fourth-order valence-electron chi connectivity index (χ4n) is 4.53. The molecular formula is C26H27F3N6O2. The first-order valence-corrected chi connectivity index (χ1v) is 11.9. The standard InChI is InChI=1S/C26H27F3N6O2/c1-16-13-17(24-31-22(15-34(24)2)26(27,28)29)5-7-19(16)23-32-25(37-33-23)20-8-6-18(36-3)14-21(20)35-11-4-9-30-10-12-35/h5-8,13-15,30H,4,9-12H2,1-3H3. The van der Waals surface area contributed by atoms with Crippen LogP contribution in [0.5, 0.6) is 5.75 Å². The highest BCUT2D eigenvalue weighted by atomic mass is 19.4. The largest absolute Gasteiger partial charge is 0.497 e. The van der Waals surface area contributed by atoms with Crippen molar-refractivity contribution in [2.45, 2.75) is 19.5 Å². The van der Waals surface area contributed by atoms with Crippen molar-refractivity contribution in [1.29, 1.82) is 0 Å². The van der Waals surface area contributed by atoms with Crippen molar-refractivity contribution >= 4 is 5.69 Å². The van der Waals surface area contributed by atoms with Crippen LogP contribution in [0.1, 0.15) is 17.7 Å². The van der Waals surface area contributed by atoms with E-state index < -0.39 is 11.9 Å². The van der Waals surface area contributed by atoms with Crippen molar-refractivity contribution < 1.29 is 22.4 Å². The normalized spacial score (nSPS) is 14.6. The lowest BCUT2D eigenvalue weighted by atomic mass is 10.0. The summed E-state index contributed by atoms with van der Waals surface area (Å²) in [5.74, 6) is 1.75. The van der Waals surface area contributed by atoms with Crippen LogP contribution in [0.15, 0.2) is 47.1 Å². The van der Waals surface area contributed by atoms with E-state index in [1.807, 2.05) is 25.1 Å². The zero-order valence-corrected chi connectivity index (χ0v) is 20.8. The molecule has 1 aliphatic rings. The summed E-state index contributed by atoms with van der Waals surface area (Å²) in [6.45, 7) is 5.41. The van der Waals surface area contributed by atoms with E-state index in [1.165, 1.54) is 4.57 Å². The van der Waals surface area contributed by atoms with Gasteiger partial charge in [0.05, 0.1) is 18.4 Å². The topological polar surface area (TPSA) is 81.2 Å². The van der Waals surface area contributed by atoms with Gasteiger partial charge in [-0.05, 0) is 43.7 Å². The molecule has 0 amide bonds. The lowest BCUT2D eigenvalue weighted by Crippen LogP contribution is -2.28. The lowest BCUT2D eigenvalue weighted by Gasteiger charge is -2.24. The molecule has 0 aliphatic carbocycles. The summed E-state index contributed by atoms with van der Waals surface area (Å²) in [7, 11) is 3.17. The van der Waals surface area contributed by atoms with Gasteiger partial charge in [-0.1, -0.05) is 17.3 Å². The van der Waals surface area contributed by atoms with Crippen LogP contribution in [0.2, 0.25) is 0 Å². The van der Waals surface area contributed by atoms with Gasteiger partial charge in [0.25, 0.3) is 5.89 Å². The average molecular weight is 513 g/mol. The van der Waals surface area contributed by atoms with E-state index in [-0.39, 0.29) is 5.82 Å². The highest BCUT2D eigenvalue weighted by molar-refractivity contribution is 5.76. The highest BCUT2D eigenvalue weighted by Gasteiger charge is 2.34.